The van der Waals surface area contributed by atoms with Crippen LogP contribution in [0.1, 0.15) is 18.3 Å². The maximum absolute atomic E-state index is 13.2. The van der Waals surface area contributed by atoms with Crippen molar-refractivity contribution in [3.63, 3.8) is 0 Å². The number of nitrogens with zero attached hydrogens (tertiary/aromatic N) is 3. The molecule has 0 bridgehead atoms. The molecule has 0 aliphatic rings. The molecule has 7 nitrogen and oxygen atoms in total. The minimum atomic E-state index is -0.439. The van der Waals surface area contributed by atoms with E-state index in [4.69, 9.17) is 20.9 Å². The average molecular weight is 441 g/mol. The summed E-state index contributed by atoms with van der Waals surface area (Å²) in [6, 6.07) is 13.4. The molecule has 0 saturated carbocycles. The van der Waals surface area contributed by atoms with Gasteiger partial charge in [-0.15, -0.1) is 0 Å². The van der Waals surface area contributed by atoms with Gasteiger partial charge in [0.1, 0.15) is 22.7 Å². The molecular formula is C22H18ClFN4O3. The van der Waals surface area contributed by atoms with E-state index < -0.39 is 5.82 Å². The minimum absolute atomic E-state index is 0.142. The zero-order chi connectivity index (χ0) is 21.8. The Morgan fingerprint density at radius 1 is 1.19 bits per heavy atom. The Balaban J connectivity index is 1.53. The van der Waals surface area contributed by atoms with Gasteiger partial charge < -0.3 is 14.6 Å². The van der Waals surface area contributed by atoms with Crippen LogP contribution in [0.2, 0.25) is 5.02 Å². The summed E-state index contributed by atoms with van der Waals surface area (Å²) in [5.74, 6) is -0.0949. The van der Waals surface area contributed by atoms with E-state index in [0.717, 1.165) is 5.56 Å². The fourth-order valence-electron chi connectivity index (χ4n) is 2.97. The van der Waals surface area contributed by atoms with Crippen LogP contribution in [0.3, 0.4) is 0 Å². The van der Waals surface area contributed by atoms with Gasteiger partial charge in [0, 0.05) is 23.6 Å². The first kappa shape index (κ1) is 20.7. The quantitative estimate of drug-likeness (QED) is 0.460. The van der Waals surface area contributed by atoms with Crippen molar-refractivity contribution in [1.82, 2.24) is 20.4 Å². The molecule has 2 aromatic carbocycles. The third-order valence-corrected chi connectivity index (χ3v) is 4.90. The molecule has 4 rings (SSSR count). The predicted octanol–water partition coefficient (Wildman–Crippen LogP) is 4.33. The van der Waals surface area contributed by atoms with Crippen LogP contribution in [0.25, 0.3) is 22.4 Å². The van der Waals surface area contributed by atoms with Gasteiger partial charge in [-0.2, -0.15) is 9.97 Å². The summed E-state index contributed by atoms with van der Waals surface area (Å²) in [6.45, 7) is 1.76. The maximum Gasteiger partial charge on any atom is 0.265 e. The van der Waals surface area contributed by atoms with Crippen molar-refractivity contribution in [2.45, 2.75) is 19.9 Å². The number of aromatic nitrogens is 3. The first-order valence-electron chi connectivity index (χ1n) is 9.60. The fourth-order valence-corrected chi connectivity index (χ4v) is 3.20. The molecule has 0 fully saturated rings. The number of carbonyl (C=O) groups excluding carboxylic acids is 1. The Kier molecular flexibility index (Phi) is 6.08. The van der Waals surface area contributed by atoms with Gasteiger partial charge in [-0.1, -0.05) is 60.1 Å². The molecule has 0 unspecified atom stereocenters. The van der Waals surface area contributed by atoms with Crippen molar-refractivity contribution in [1.29, 1.82) is 0 Å². The molecule has 0 aliphatic heterocycles. The second kappa shape index (κ2) is 9.09. The Labute approximate surface area is 182 Å². The van der Waals surface area contributed by atoms with Gasteiger partial charge in [0.25, 0.3) is 11.6 Å². The summed E-state index contributed by atoms with van der Waals surface area (Å²) >= 11 is 5.99. The first-order chi connectivity index (χ1) is 15.0. The molecule has 0 aliphatic carbocycles. The van der Waals surface area contributed by atoms with Crippen LogP contribution in [0.5, 0.6) is 5.88 Å². The third kappa shape index (κ3) is 4.64. The van der Waals surface area contributed by atoms with Crippen molar-refractivity contribution in [3.05, 3.63) is 70.8 Å². The number of fused-ring (bicyclic) bond motifs is 1. The molecule has 9 heteroatoms. The smallest absolute Gasteiger partial charge is 0.265 e. The molecule has 158 valence electrons. The molecule has 2 heterocycles. The van der Waals surface area contributed by atoms with E-state index in [9.17, 15) is 9.18 Å². The number of nitrogens with one attached hydrogen (secondary N) is 1. The summed E-state index contributed by atoms with van der Waals surface area (Å²) in [5.41, 5.74) is 2.24. The summed E-state index contributed by atoms with van der Waals surface area (Å²) in [6.07, 6.45) is 0.558. The Morgan fingerprint density at radius 2 is 2.00 bits per heavy atom. The van der Waals surface area contributed by atoms with Crippen LogP contribution in [0, 0.1) is 5.82 Å². The standard InChI is InChI=1S/C22H18ClFN4O3/c1-2-17-26-21(19-20(28-31-22(19)27-17)13-6-4-3-5-7-13)30-12-18(29)25-11-14-8-9-15(24)10-16(14)23/h3-10H,2,11-12H2,1H3,(H,25,29). The van der Waals surface area contributed by atoms with Crippen LogP contribution in [0.15, 0.2) is 53.1 Å². The third-order valence-electron chi connectivity index (χ3n) is 4.54. The summed E-state index contributed by atoms with van der Waals surface area (Å²) in [4.78, 5) is 21.1. The number of amides is 1. The number of ether oxygens (including phenoxy) is 1. The predicted molar refractivity (Wildman–Crippen MR) is 113 cm³/mol. The molecule has 4 aromatic rings. The molecular weight excluding hydrogens is 423 g/mol. The molecule has 31 heavy (non-hydrogen) atoms. The highest BCUT2D eigenvalue weighted by atomic mass is 35.5. The van der Waals surface area contributed by atoms with Gasteiger partial charge in [0.05, 0.1) is 0 Å². The van der Waals surface area contributed by atoms with Crippen molar-refractivity contribution in [2.24, 2.45) is 0 Å². The van der Waals surface area contributed by atoms with Crippen LogP contribution < -0.4 is 10.1 Å². The van der Waals surface area contributed by atoms with Gasteiger partial charge >= 0.3 is 0 Å². The monoisotopic (exact) mass is 440 g/mol. The van der Waals surface area contributed by atoms with Gasteiger partial charge in [-0.3, -0.25) is 4.79 Å². The van der Waals surface area contributed by atoms with Crippen LogP contribution in [-0.2, 0) is 17.8 Å². The van der Waals surface area contributed by atoms with E-state index in [-0.39, 0.29) is 30.0 Å². The highest BCUT2D eigenvalue weighted by Crippen LogP contribution is 2.33. The molecule has 2 aromatic heterocycles. The SMILES string of the molecule is CCc1nc(OCC(=O)NCc2ccc(F)cc2Cl)c2c(-c3ccccc3)noc2n1. The number of carbonyl (C=O) groups is 1. The van der Waals surface area contributed by atoms with Crippen LogP contribution in [-0.4, -0.2) is 27.6 Å². The zero-order valence-corrected chi connectivity index (χ0v) is 17.3. The van der Waals surface area contributed by atoms with Crippen molar-refractivity contribution in [3.8, 4) is 17.1 Å². The lowest BCUT2D eigenvalue weighted by Crippen LogP contribution is -2.28. The van der Waals surface area contributed by atoms with Crippen LogP contribution in [0.4, 0.5) is 4.39 Å². The van der Waals surface area contributed by atoms with Crippen molar-refractivity contribution in [2.75, 3.05) is 6.61 Å². The summed E-state index contributed by atoms with van der Waals surface area (Å²) in [5, 5.41) is 7.55. The number of benzene rings is 2. The lowest BCUT2D eigenvalue weighted by Gasteiger charge is -2.10. The number of aryl methyl sites for hydroxylation is 1. The van der Waals surface area contributed by atoms with E-state index >= 15 is 0 Å². The maximum atomic E-state index is 13.2. The summed E-state index contributed by atoms with van der Waals surface area (Å²) < 4.78 is 24.3. The largest absolute Gasteiger partial charge is 0.467 e. The molecule has 0 saturated heterocycles. The normalized spacial score (nSPS) is 10.9. The van der Waals surface area contributed by atoms with E-state index in [2.05, 4.69) is 20.4 Å². The Hall–Kier alpha value is -3.52. The zero-order valence-electron chi connectivity index (χ0n) is 16.6. The van der Waals surface area contributed by atoms with Gasteiger partial charge in [-0.05, 0) is 17.7 Å². The van der Waals surface area contributed by atoms with E-state index in [0.29, 0.717) is 34.6 Å². The lowest BCUT2D eigenvalue weighted by molar-refractivity contribution is -0.123. The Morgan fingerprint density at radius 3 is 2.74 bits per heavy atom. The van der Waals surface area contributed by atoms with Crippen LogP contribution >= 0.6 is 11.6 Å². The van der Waals surface area contributed by atoms with E-state index in [1.807, 2.05) is 37.3 Å². The molecule has 1 N–H and O–H groups in total. The highest BCUT2D eigenvalue weighted by Gasteiger charge is 2.20. The first-order valence-corrected chi connectivity index (χ1v) is 9.98. The van der Waals surface area contributed by atoms with E-state index in [1.54, 1.807) is 0 Å². The highest BCUT2D eigenvalue weighted by molar-refractivity contribution is 6.31. The molecule has 0 atom stereocenters. The summed E-state index contributed by atoms with van der Waals surface area (Å²) in [7, 11) is 0. The number of rotatable bonds is 7. The fraction of sp³-hybridized carbons (Fsp3) is 0.182. The van der Waals surface area contributed by atoms with Crippen molar-refractivity contribution >= 4 is 28.6 Å². The average Bonchev–Trinajstić information content (AvgIpc) is 3.21. The molecule has 0 spiro atoms. The second-order valence-electron chi connectivity index (χ2n) is 6.68. The topological polar surface area (TPSA) is 90.1 Å². The second-order valence-corrected chi connectivity index (χ2v) is 7.08. The van der Waals surface area contributed by atoms with Gasteiger partial charge in [0.2, 0.25) is 5.88 Å². The number of hydrogen-bond acceptors (Lipinski definition) is 6. The Bertz CT molecular complexity index is 1230. The van der Waals surface area contributed by atoms with E-state index in [1.165, 1.54) is 18.2 Å². The minimum Gasteiger partial charge on any atom is -0.467 e. The number of halogens is 2. The molecule has 0 radical (unpaired) electrons. The molecule has 1 amide bonds. The van der Waals surface area contributed by atoms with Gasteiger partial charge in [-0.25, -0.2) is 4.39 Å². The number of hydrogen-bond donors (Lipinski definition) is 1. The lowest BCUT2D eigenvalue weighted by atomic mass is 10.1. The van der Waals surface area contributed by atoms with Gasteiger partial charge in [0.15, 0.2) is 6.61 Å². The van der Waals surface area contributed by atoms with Crippen molar-refractivity contribution < 1.29 is 18.4 Å².